The Hall–Kier alpha value is -7.08. The molecule has 0 amide bonds. The fourth-order valence-corrected chi connectivity index (χ4v) is 7.72. The number of hydrogen-bond acceptors (Lipinski definition) is 10. The molecule has 12 nitrogen and oxygen atoms in total. The smallest absolute Gasteiger partial charge is 0.346 e. The zero-order valence-corrected chi connectivity index (χ0v) is 41.1. The van der Waals surface area contributed by atoms with Gasteiger partial charge in [-0.1, -0.05) is 65.7 Å². The molecule has 16 heteroatoms. The molecule has 0 atom stereocenters. The van der Waals surface area contributed by atoms with Crippen LogP contribution < -0.4 is 21.3 Å². The number of anilines is 8. The normalized spacial score (nSPS) is 10.5. The van der Waals surface area contributed by atoms with Crippen molar-refractivity contribution in [2.45, 2.75) is 48.1 Å². The number of aromatic amines is 1. The van der Waals surface area contributed by atoms with E-state index in [2.05, 4.69) is 138 Å². The molecule has 334 valence electrons. The third-order valence-electron chi connectivity index (χ3n) is 10.6. The molecule has 0 aliphatic carbocycles. The van der Waals surface area contributed by atoms with Gasteiger partial charge in [0.1, 0.15) is 22.9 Å². The van der Waals surface area contributed by atoms with Crippen LogP contribution in [0.5, 0.6) is 0 Å². The highest BCUT2D eigenvalue weighted by molar-refractivity contribution is 7.54. The van der Waals surface area contributed by atoms with Crippen molar-refractivity contribution in [2.75, 3.05) is 21.3 Å². The SMILES string of the molecule is Cc1cc(C)c(Nc2nc(Nc3ccc(C#N)cc3)nc3[nH]ccc23)c(C)c1.Cc1cc(C)c(Nc2nc(Nc3ccc(C#N)cc3)nc3c2ccn3Cc2ccccc2)c(C)c1.[Cl][Al]([Cl])[Cl]. The van der Waals surface area contributed by atoms with Gasteiger partial charge < -0.3 is 30.8 Å². The van der Waals surface area contributed by atoms with E-state index in [1.165, 1.54) is 38.9 Å². The molecule has 9 rings (SSSR count). The Balaban J connectivity index is 0.000000188. The van der Waals surface area contributed by atoms with E-state index < -0.39 is 11.4 Å². The summed E-state index contributed by atoms with van der Waals surface area (Å²) in [6.45, 7) is 13.3. The van der Waals surface area contributed by atoms with Crippen LogP contribution in [0.2, 0.25) is 0 Å². The van der Waals surface area contributed by atoms with Crippen molar-refractivity contribution < 1.29 is 0 Å². The van der Waals surface area contributed by atoms with E-state index in [9.17, 15) is 0 Å². The van der Waals surface area contributed by atoms with E-state index in [-0.39, 0.29) is 0 Å². The number of hydrogen-bond donors (Lipinski definition) is 5. The van der Waals surface area contributed by atoms with Crippen molar-refractivity contribution >= 4 is 110 Å². The van der Waals surface area contributed by atoms with Gasteiger partial charge in [-0.15, -0.1) is 0 Å². The van der Waals surface area contributed by atoms with Crippen LogP contribution >= 0.6 is 30.1 Å². The van der Waals surface area contributed by atoms with Crippen LogP contribution in [0.3, 0.4) is 0 Å². The van der Waals surface area contributed by atoms with Gasteiger partial charge in [-0.2, -0.15) is 30.5 Å². The molecule has 0 aliphatic rings. The maximum atomic E-state index is 9.10. The molecule has 5 N–H and O–H groups in total. The number of H-pyrrole nitrogens is 1. The summed E-state index contributed by atoms with van der Waals surface area (Å²) in [6, 6.07) is 41.7. The van der Waals surface area contributed by atoms with Crippen molar-refractivity contribution in [3.8, 4) is 12.1 Å². The van der Waals surface area contributed by atoms with E-state index in [1.54, 1.807) is 24.3 Å². The second kappa shape index (κ2) is 21.9. The Morgan fingerprint density at radius 1 is 0.567 bits per heavy atom. The average Bonchev–Trinajstić information content (AvgIpc) is 3.94. The Morgan fingerprint density at radius 3 is 1.51 bits per heavy atom. The lowest BCUT2D eigenvalue weighted by molar-refractivity contribution is 0.824. The summed E-state index contributed by atoms with van der Waals surface area (Å²) in [6.07, 6.45) is 3.91. The molecule has 4 heterocycles. The second-order valence-corrected chi connectivity index (χ2v) is 22.3. The van der Waals surface area contributed by atoms with Crippen LogP contribution in [0.4, 0.5) is 46.3 Å². The minimum absolute atomic E-state index is 0.476. The summed E-state index contributed by atoms with van der Waals surface area (Å²) < 4.78 is 2.14. The number of nitrogens with zero attached hydrogens (tertiary/aromatic N) is 7. The minimum atomic E-state index is -1.72. The monoisotopic (exact) mass is 958 g/mol. The lowest BCUT2D eigenvalue weighted by Gasteiger charge is -2.16. The van der Waals surface area contributed by atoms with E-state index in [1.807, 2.05) is 54.7 Å². The van der Waals surface area contributed by atoms with Crippen molar-refractivity contribution in [1.82, 2.24) is 29.5 Å². The minimum Gasteiger partial charge on any atom is -0.346 e. The predicted octanol–water partition coefficient (Wildman–Crippen LogP) is 13.7. The lowest BCUT2D eigenvalue weighted by atomic mass is 10.1. The number of rotatable bonds is 10. The van der Waals surface area contributed by atoms with E-state index in [0.29, 0.717) is 29.6 Å². The highest BCUT2D eigenvalue weighted by Crippen LogP contribution is 2.33. The Kier molecular flexibility index (Phi) is 15.7. The Morgan fingerprint density at radius 2 is 1.03 bits per heavy atom. The maximum Gasteiger partial charge on any atom is 0.643 e. The number of aromatic nitrogens is 6. The summed E-state index contributed by atoms with van der Waals surface area (Å²) in [4.78, 5) is 22.1. The van der Waals surface area contributed by atoms with Crippen LogP contribution in [-0.4, -0.2) is 40.9 Å². The van der Waals surface area contributed by atoms with Crippen molar-refractivity contribution in [3.63, 3.8) is 0 Å². The Bertz CT molecular complexity index is 3200. The summed E-state index contributed by atoms with van der Waals surface area (Å²) in [5, 5.41) is 33.5. The van der Waals surface area contributed by atoms with Gasteiger partial charge in [-0.3, -0.25) is 0 Å². The van der Waals surface area contributed by atoms with Gasteiger partial charge in [0.25, 0.3) is 0 Å². The average molecular weight is 960 g/mol. The largest absolute Gasteiger partial charge is 0.643 e. The standard InChI is InChI=1S/C29H26N6.C22H20N6.Al.3ClH/c1-19-15-20(2)26(21(3)16-19)32-27-25-13-14-35(18-23-7-5-4-6-8-23)28(25)34-29(33-27)31-24-11-9-22(17-30)10-12-24;1-13-10-14(2)19(15(3)11-13)26-21-18-8-9-24-20(18)27-22(28-21)25-17-6-4-16(12-23)5-7-17;;;;/h4-16H,18H2,1-3H3,(H2,31,32,33,34);4-11H,1-3H3,(H3,24,25,26,27,28);;3*1H/q;;+3;;;/p-3. The molecule has 67 heavy (non-hydrogen) atoms. The third-order valence-corrected chi connectivity index (χ3v) is 10.6. The summed E-state index contributed by atoms with van der Waals surface area (Å²) >= 11 is -1.72. The van der Waals surface area contributed by atoms with Gasteiger partial charge in [0.15, 0.2) is 0 Å². The first-order valence-corrected chi connectivity index (χ1v) is 26.4. The van der Waals surface area contributed by atoms with Crippen molar-refractivity contribution in [1.29, 1.82) is 10.5 Å². The summed E-state index contributed by atoms with van der Waals surface area (Å²) in [5.41, 5.74) is 14.9. The molecule has 9 aromatic rings. The topological polar surface area (TPSA) is 168 Å². The molecule has 0 bridgehead atoms. The van der Waals surface area contributed by atoms with Crippen molar-refractivity contribution in [3.05, 3.63) is 178 Å². The zero-order chi connectivity index (χ0) is 47.6. The first-order valence-electron chi connectivity index (χ1n) is 21.2. The number of aryl methyl sites for hydroxylation is 6. The molecule has 0 aliphatic heterocycles. The van der Waals surface area contributed by atoms with E-state index in [4.69, 9.17) is 55.6 Å². The number of nitriles is 2. The van der Waals surface area contributed by atoms with Crippen LogP contribution in [0.15, 0.2) is 128 Å². The number of fused-ring (bicyclic) bond motifs is 2. The van der Waals surface area contributed by atoms with Crippen LogP contribution in [-0.2, 0) is 6.54 Å². The molecular weight excluding hydrogens is 914 g/mol. The maximum absolute atomic E-state index is 9.10. The molecule has 0 saturated carbocycles. The fraction of sp³-hybridized carbons (Fsp3) is 0.137. The van der Waals surface area contributed by atoms with Gasteiger partial charge in [0.05, 0.1) is 34.0 Å². The van der Waals surface area contributed by atoms with Crippen LogP contribution in [0.1, 0.15) is 50.1 Å². The molecule has 0 unspecified atom stereocenters. The van der Waals surface area contributed by atoms with E-state index >= 15 is 0 Å². The summed E-state index contributed by atoms with van der Waals surface area (Å²) in [5.74, 6) is 2.44. The first-order chi connectivity index (χ1) is 32.3. The quantitative estimate of drug-likeness (QED) is 0.0832. The highest BCUT2D eigenvalue weighted by Gasteiger charge is 2.16. The first kappa shape index (κ1) is 47.9. The summed E-state index contributed by atoms with van der Waals surface area (Å²) in [7, 11) is 14.8. The van der Waals surface area contributed by atoms with Gasteiger partial charge in [0, 0.05) is 41.7 Å². The van der Waals surface area contributed by atoms with Crippen LogP contribution in [0.25, 0.3) is 22.1 Å². The van der Waals surface area contributed by atoms with Crippen molar-refractivity contribution in [2.24, 2.45) is 0 Å². The fourth-order valence-electron chi connectivity index (χ4n) is 7.72. The lowest BCUT2D eigenvalue weighted by Crippen LogP contribution is -2.06. The second-order valence-electron chi connectivity index (χ2n) is 15.9. The zero-order valence-electron chi connectivity index (χ0n) is 37.7. The predicted molar refractivity (Wildman–Crippen MR) is 277 cm³/mol. The molecule has 0 fully saturated rings. The number of nitrogens with one attached hydrogen (secondary N) is 5. The Labute approximate surface area is 406 Å². The van der Waals surface area contributed by atoms with Crippen LogP contribution in [0, 0.1) is 64.2 Å². The molecule has 0 saturated heterocycles. The molecule has 4 aromatic heterocycles. The van der Waals surface area contributed by atoms with Gasteiger partial charge >= 0.3 is 11.4 Å². The third kappa shape index (κ3) is 12.4. The molecular formula is C51H46AlCl3N12. The molecule has 0 radical (unpaired) electrons. The number of halogens is 3. The number of benzene rings is 5. The van der Waals surface area contributed by atoms with E-state index in [0.717, 1.165) is 56.5 Å². The highest BCUT2D eigenvalue weighted by atomic mass is 35.8. The van der Waals surface area contributed by atoms with Gasteiger partial charge in [0.2, 0.25) is 11.9 Å². The molecule has 5 aromatic carbocycles. The van der Waals surface area contributed by atoms with Gasteiger partial charge in [-0.25, -0.2) is 30.1 Å². The molecule has 0 spiro atoms. The van der Waals surface area contributed by atoms with Gasteiger partial charge in [-0.05, 0) is 130 Å².